The first-order valence-electron chi connectivity index (χ1n) is 8.51. The Morgan fingerprint density at radius 1 is 0.962 bits per heavy atom. The van der Waals surface area contributed by atoms with Gasteiger partial charge in [-0.05, 0) is 23.8 Å². The van der Waals surface area contributed by atoms with Gasteiger partial charge >= 0.3 is 0 Å². The number of para-hydroxylation sites is 1. The number of hydrogen-bond donors (Lipinski definition) is 1. The standard InChI is InChI=1S/C20H20N6/c1-25-14-18(20(24-25)17-6-4-8-21-12-17)13-23-11-16-5-2-3-7-19(16)26-10-9-22-15-26/h2-10,12,14-15,23H,11,13H2,1H3. The van der Waals surface area contributed by atoms with Crippen molar-refractivity contribution in [2.75, 3.05) is 0 Å². The molecule has 0 saturated carbocycles. The van der Waals surface area contributed by atoms with E-state index in [4.69, 9.17) is 0 Å². The van der Waals surface area contributed by atoms with Crippen LogP contribution in [0, 0.1) is 0 Å². The van der Waals surface area contributed by atoms with Crippen molar-refractivity contribution < 1.29 is 0 Å². The summed E-state index contributed by atoms with van der Waals surface area (Å²) in [5, 5.41) is 8.13. The molecule has 0 aliphatic rings. The summed E-state index contributed by atoms with van der Waals surface area (Å²) in [6.07, 6.45) is 11.2. The third-order valence-electron chi connectivity index (χ3n) is 4.24. The molecule has 0 atom stereocenters. The van der Waals surface area contributed by atoms with Crippen LogP contribution in [0.2, 0.25) is 0 Å². The molecule has 1 aromatic carbocycles. The first-order valence-corrected chi connectivity index (χ1v) is 8.51. The predicted octanol–water partition coefficient (Wildman–Crippen LogP) is 2.96. The fourth-order valence-corrected chi connectivity index (χ4v) is 3.06. The summed E-state index contributed by atoms with van der Waals surface area (Å²) in [6, 6.07) is 12.3. The Kier molecular flexibility index (Phi) is 4.57. The normalized spacial score (nSPS) is 11.0. The molecule has 0 saturated heterocycles. The minimum Gasteiger partial charge on any atom is -0.308 e. The molecule has 1 N–H and O–H groups in total. The van der Waals surface area contributed by atoms with Gasteiger partial charge < -0.3 is 9.88 Å². The average molecular weight is 344 g/mol. The Morgan fingerprint density at radius 2 is 1.85 bits per heavy atom. The van der Waals surface area contributed by atoms with E-state index in [9.17, 15) is 0 Å². The Balaban J connectivity index is 1.50. The lowest BCUT2D eigenvalue weighted by Crippen LogP contribution is -2.14. The van der Waals surface area contributed by atoms with E-state index in [1.54, 1.807) is 12.4 Å². The highest BCUT2D eigenvalue weighted by molar-refractivity contribution is 5.61. The van der Waals surface area contributed by atoms with Crippen LogP contribution in [0.25, 0.3) is 16.9 Å². The zero-order chi connectivity index (χ0) is 17.8. The van der Waals surface area contributed by atoms with Crippen molar-refractivity contribution in [1.82, 2.24) is 29.6 Å². The highest BCUT2D eigenvalue weighted by Crippen LogP contribution is 2.21. The van der Waals surface area contributed by atoms with E-state index in [0.717, 1.165) is 35.6 Å². The number of hydrogen-bond acceptors (Lipinski definition) is 4. The van der Waals surface area contributed by atoms with E-state index < -0.39 is 0 Å². The van der Waals surface area contributed by atoms with Gasteiger partial charge in [0.25, 0.3) is 0 Å². The molecule has 3 heterocycles. The minimum atomic E-state index is 0.732. The summed E-state index contributed by atoms with van der Waals surface area (Å²) in [5.41, 5.74) is 5.51. The number of rotatable bonds is 6. The van der Waals surface area contributed by atoms with Gasteiger partial charge in [-0.3, -0.25) is 9.67 Å². The fraction of sp³-hybridized carbons (Fsp3) is 0.150. The monoisotopic (exact) mass is 344 g/mol. The van der Waals surface area contributed by atoms with Gasteiger partial charge in [-0.25, -0.2) is 4.98 Å². The molecule has 0 aliphatic carbocycles. The molecule has 0 unspecified atom stereocenters. The number of aromatic nitrogens is 5. The van der Waals surface area contributed by atoms with E-state index >= 15 is 0 Å². The number of pyridine rings is 1. The Morgan fingerprint density at radius 3 is 2.65 bits per heavy atom. The van der Waals surface area contributed by atoms with Gasteiger partial charge in [0.15, 0.2) is 0 Å². The van der Waals surface area contributed by atoms with Gasteiger partial charge in [-0.2, -0.15) is 5.10 Å². The van der Waals surface area contributed by atoms with Gasteiger partial charge in [-0.1, -0.05) is 18.2 Å². The van der Waals surface area contributed by atoms with Gasteiger partial charge in [0, 0.05) is 62.2 Å². The Bertz CT molecular complexity index is 973. The number of benzene rings is 1. The first kappa shape index (κ1) is 16.2. The summed E-state index contributed by atoms with van der Waals surface area (Å²) in [5.74, 6) is 0. The highest BCUT2D eigenvalue weighted by atomic mass is 15.3. The van der Waals surface area contributed by atoms with Gasteiger partial charge in [0.05, 0.1) is 17.7 Å². The molecule has 0 amide bonds. The second kappa shape index (κ2) is 7.33. The van der Waals surface area contributed by atoms with E-state index in [2.05, 4.69) is 44.8 Å². The smallest absolute Gasteiger partial charge is 0.0991 e. The summed E-state index contributed by atoms with van der Waals surface area (Å²) >= 11 is 0. The quantitative estimate of drug-likeness (QED) is 0.584. The second-order valence-corrected chi connectivity index (χ2v) is 6.12. The Labute approximate surface area is 152 Å². The van der Waals surface area contributed by atoms with E-state index in [0.29, 0.717) is 0 Å². The van der Waals surface area contributed by atoms with E-state index in [1.165, 1.54) is 5.56 Å². The lowest BCUT2D eigenvalue weighted by molar-refractivity contribution is 0.689. The number of aryl methyl sites for hydroxylation is 1. The van der Waals surface area contributed by atoms with Crippen LogP contribution in [0.15, 0.2) is 73.7 Å². The summed E-state index contributed by atoms with van der Waals surface area (Å²) in [4.78, 5) is 8.34. The van der Waals surface area contributed by atoms with E-state index in [-0.39, 0.29) is 0 Å². The zero-order valence-corrected chi connectivity index (χ0v) is 14.6. The molecule has 0 bridgehead atoms. The molecule has 4 rings (SSSR count). The van der Waals surface area contributed by atoms with Crippen LogP contribution in [-0.4, -0.2) is 24.3 Å². The van der Waals surface area contributed by atoms with Crippen molar-refractivity contribution >= 4 is 0 Å². The van der Waals surface area contributed by atoms with Crippen LogP contribution in [0.3, 0.4) is 0 Å². The molecule has 6 nitrogen and oxygen atoms in total. The van der Waals surface area contributed by atoms with Crippen molar-refractivity contribution in [2.45, 2.75) is 13.1 Å². The van der Waals surface area contributed by atoms with Gasteiger partial charge in [-0.15, -0.1) is 0 Å². The summed E-state index contributed by atoms with van der Waals surface area (Å²) in [6.45, 7) is 1.49. The fourth-order valence-electron chi connectivity index (χ4n) is 3.06. The number of imidazole rings is 1. The maximum atomic E-state index is 4.59. The molecule has 26 heavy (non-hydrogen) atoms. The van der Waals surface area contributed by atoms with Crippen LogP contribution in [0.4, 0.5) is 0 Å². The number of nitrogens with one attached hydrogen (secondary N) is 1. The molecule has 3 aromatic heterocycles. The summed E-state index contributed by atoms with van der Waals surface area (Å²) in [7, 11) is 1.94. The second-order valence-electron chi connectivity index (χ2n) is 6.12. The number of nitrogens with zero attached hydrogens (tertiary/aromatic N) is 5. The van der Waals surface area contributed by atoms with Crippen molar-refractivity contribution in [2.24, 2.45) is 7.05 Å². The van der Waals surface area contributed by atoms with Crippen LogP contribution < -0.4 is 5.32 Å². The Hall–Kier alpha value is -3.25. The molecule has 0 spiro atoms. The third-order valence-corrected chi connectivity index (χ3v) is 4.24. The topological polar surface area (TPSA) is 60.6 Å². The van der Waals surface area contributed by atoms with Crippen molar-refractivity contribution in [1.29, 1.82) is 0 Å². The van der Waals surface area contributed by atoms with Crippen LogP contribution in [0.1, 0.15) is 11.1 Å². The van der Waals surface area contributed by atoms with Crippen molar-refractivity contribution in [3.8, 4) is 16.9 Å². The molecule has 6 heteroatoms. The lowest BCUT2D eigenvalue weighted by atomic mass is 10.1. The van der Waals surface area contributed by atoms with Crippen LogP contribution in [-0.2, 0) is 20.1 Å². The van der Waals surface area contributed by atoms with Gasteiger partial charge in [0.1, 0.15) is 0 Å². The third kappa shape index (κ3) is 3.41. The predicted molar refractivity (Wildman–Crippen MR) is 101 cm³/mol. The van der Waals surface area contributed by atoms with Gasteiger partial charge in [0.2, 0.25) is 0 Å². The SMILES string of the molecule is Cn1cc(CNCc2ccccc2-n2ccnc2)c(-c2cccnc2)n1. The summed E-state index contributed by atoms with van der Waals surface area (Å²) < 4.78 is 3.88. The van der Waals surface area contributed by atoms with Crippen molar-refractivity contribution in [3.63, 3.8) is 0 Å². The van der Waals surface area contributed by atoms with Crippen LogP contribution >= 0.6 is 0 Å². The van der Waals surface area contributed by atoms with Crippen LogP contribution in [0.5, 0.6) is 0 Å². The molecule has 4 aromatic rings. The maximum Gasteiger partial charge on any atom is 0.0991 e. The lowest BCUT2D eigenvalue weighted by Gasteiger charge is -2.11. The highest BCUT2D eigenvalue weighted by Gasteiger charge is 2.10. The molecule has 130 valence electrons. The largest absolute Gasteiger partial charge is 0.308 e. The first-order chi connectivity index (χ1) is 12.8. The molecule has 0 aliphatic heterocycles. The minimum absolute atomic E-state index is 0.732. The maximum absolute atomic E-state index is 4.59. The van der Waals surface area contributed by atoms with E-state index in [1.807, 2.05) is 53.2 Å². The molecule has 0 radical (unpaired) electrons. The van der Waals surface area contributed by atoms with Crippen molar-refractivity contribution in [3.05, 3.63) is 84.8 Å². The molecule has 0 fully saturated rings. The molecular formula is C20H20N6. The molecular weight excluding hydrogens is 324 g/mol. The average Bonchev–Trinajstić information content (AvgIpc) is 3.33. The zero-order valence-electron chi connectivity index (χ0n) is 14.6.